The molecule has 33 heavy (non-hydrogen) atoms. The first-order valence-corrected chi connectivity index (χ1v) is 11.4. The first-order valence-electron chi connectivity index (χ1n) is 11.4. The van der Waals surface area contributed by atoms with Gasteiger partial charge in [-0.25, -0.2) is 4.79 Å². The summed E-state index contributed by atoms with van der Waals surface area (Å²) < 4.78 is 17.8. The third kappa shape index (κ3) is 5.94. The monoisotopic (exact) mass is 455 g/mol. The second kappa shape index (κ2) is 10.2. The first kappa shape index (κ1) is 25.2. The number of hydrogen-bond acceptors (Lipinski definition) is 7. The lowest BCUT2D eigenvalue weighted by atomic mass is 9.92. The number of carbonyl (C=O) groups excluding carboxylic acids is 2. The van der Waals surface area contributed by atoms with Crippen LogP contribution in [0.4, 0.5) is 5.69 Å². The molecule has 2 heterocycles. The molecule has 0 saturated carbocycles. The van der Waals surface area contributed by atoms with Gasteiger partial charge in [0.05, 0.1) is 11.7 Å². The van der Waals surface area contributed by atoms with E-state index in [9.17, 15) is 14.7 Å². The van der Waals surface area contributed by atoms with Gasteiger partial charge in [0.1, 0.15) is 24.5 Å². The normalized spacial score (nSPS) is 31.4. The van der Waals surface area contributed by atoms with Gasteiger partial charge in [0, 0.05) is 11.6 Å². The standard InChI is InChI=1S/C25H34BNO6/c1-15-10-11-20(29)23-21(32-25(4,5)33-23)9-7-8-18-13-19(27(6)26-14-28)12-16(2)22(18)24(30)31-17(15)3/h7-8,10-15,17,20-21,23,26,29H,9H2,1-6H3/b8-7+,11-10-/t15-,17+,20?,21+,23-/m1/s1. The summed E-state index contributed by atoms with van der Waals surface area (Å²) >= 11 is 0. The Morgan fingerprint density at radius 3 is 2.64 bits per heavy atom. The number of cyclic esters (lactones) is 1. The van der Waals surface area contributed by atoms with Gasteiger partial charge in [-0.3, -0.25) is 0 Å². The van der Waals surface area contributed by atoms with Crippen LogP contribution in [0.2, 0.25) is 0 Å². The van der Waals surface area contributed by atoms with Crippen LogP contribution >= 0.6 is 0 Å². The number of anilines is 1. The van der Waals surface area contributed by atoms with Crippen LogP contribution < -0.4 is 4.81 Å². The van der Waals surface area contributed by atoms with Crippen molar-refractivity contribution in [2.75, 3.05) is 11.9 Å². The van der Waals surface area contributed by atoms with Gasteiger partial charge < -0.3 is 28.9 Å². The van der Waals surface area contributed by atoms with Gasteiger partial charge in [-0.05, 0) is 64.4 Å². The molecule has 2 aliphatic heterocycles. The number of ether oxygens (including phenoxy) is 3. The van der Waals surface area contributed by atoms with Gasteiger partial charge in [-0.1, -0.05) is 31.2 Å². The number of aliphatic hydroxyl groups is 1. The minimum atomic E-state index is -0.850. The Hall–Kier alpha value is -2.42. The Morgan fingerprint density at radius 1 is 1.21 bits per heavy atom. The van der Waals surface area contributed by atoms with Crippen LogP contribution in [-0.2, 0) is 19.0 Å². The lowest BCUT2D eigenvalue weighted by Gasteiger charge is -2.23. The van der Waals surface area contributed by atoms with E-state index in [0.29, 0.717) is 17.5 Å². The maximum atomic E-state index is 13.1. The highest BCUT2D eigenvalue weighted by Crippen LogP contribution is 2.33. The molecule has 0 aliphatic carbocycles. The largest absolute Gasteiger partial charge is 0.458 e. The third-order valence-corrected chi connectivity index (χ3v) is 6.21. The van der Waals surface area contributed by atoms with E-state index < -0.39 is 30.1 Å². The number of esters is 1. The maximum Gasteiger partial charge on any atom is 0.339 e. The molecule has 1 saturated heterocycles. The van der Waals surface area contributed by atoms with Gasteiger partial charge >= 0.3 is 13.4 Å². The number of fused-ring (bicyclic) bond motifs is 2. The number of hydrogen-bond donors (Lipinski definition) is 1. The molecule has 7 nitrogen and oxygen atoms in total. The zero-order chi connectivity index (χ0) is 24.3. The van der Waals surface area contributed by atoms with Crippen molar-refractivity contribution in [2.45, 2.75) is 71.2 Å². The predicted molar refractivity (Wildman–Crippen MR) is 130 cm³/mol. The summed E-state index contributed by atoms with van der Waals surface area (Å²) in [7, 11) is 2.07. The second-order valence-corrected chi connectivity index (χ2v) is 9.40. The van der Waals surface area contributed by atoms with Crippen LogP contribution in [0.15, 0.2) is 30.4 Å². The number of aryl methyl sites for hydroxylation is 1. The van der Waals surface area contributed by atoms with Gasteiger partial charge in [0.25, 0.3) is 0 Å². The summed E-state index contributed by atoms with van der Waals surface area (Å²) in [5, 5.41) is 10.8. The Labute approximate surface area is 196 Å². The molecule has 3 rings (SSSR count). The quantitative estimate of drug-likeness (QED) is 0.325. The highest BCUT2D eigenvalue weighted by molar-refractivity contribution is 6.70. The van der Waals surface area contributed by atoms with Crippen molar-refractivity contribution in [1.29, 1.82) is 0 Å². The molecule has 0 spiro atoms. The molecule has 5 atom stereocenters. The van der Waals surface area contributed by atoms with E-state index in [2.05, 4.69) is 0 Å². The molecule has 1 aromatic rings. The summed E-state index contributed by atoms with van der Waals surface area (Å²) in [5.74, 6) is -1.32. The molecule has 0 radical (unpaired) electrons. The van der Waals surface area contributed by atoms with Crippen LogP contribution in [0.25, 0.3) is 6.08 Å². The number of aliphatic hydroxyl groups excluding tert-OH is 1. The molecule has 0 amide bonds. The number of carbonyl (C=O) groups is 2. The molecule has 178 valence electrons. The number of benzene rings is 1. The van der Waals surface area contributed by atoms with Gasteiger partial charge in [-0.2, -0.15) is 0 Å². The maximum absolute atomic E-state index is 13.1. The molecule has 2 aliphatic rings. The highest BCUT2D eigenvalue weighted by Gasteiger charge is 2.43. The minimum Gasteiger partial charge on any atom is -0.458 e. The van der Waals surface area contributed by atoms with E-state index in [4.69, 9.17) is 14.2 Å². The van der Waals surface area contributed by atoms with Gasteiger partial charge in [-0.15, -0.1) is 0 Å². The predicted octanol–water partition coefficient (Wildman–Crippen LogP) is 3.01. The average molecular weight is 455 g/mol. The number of rotatable bonds is 3. The van der Waals surface area contributed by atoms with E-state index in [1.54, 1.807) is 6.08 Å². The minimum absolute atomic E-state index is 0.113. The lowest BCUT2D eigenvalue weighted by Crippen LogP contribution is -2.34. The Kier molecular flexibility index (Phi) is 7.82. The molecular formula is C25H34BNO6. The topological polar surface area (TPSA) is 85.3 Å². The molecule has 0 aromatic heterocycles. The zero-order valence-corrected chi connectivity index (χ0v) is 20.3. The van der Waals surface area contributed by atoms with Crippen molar-refractivity contribution in [3.8, 4) is 0 Å². The summed E-state index contributed by atoms with van der Waals surface area (Å²) in [6, 6.07) is 3.77. The molecule has 1 unspecified atom stereocenters. The zero-order valence-electron chi connectivity index (χ0n) is 20.3. The molecule has 0 bridgehead atoms. The summed E-state index contributed by atoms with van der Waals surface area (Å²) in [6.07, 6.45) is 6.56. The van der Waals surface area contributed by atoms with Crippen LogP contribution in [0.3, 0.4) is 0 Å². The molecular weight excluding hydrogens is 421 g/mol. The molecule has 8 heteroatoms. The lowest BCUT2D eigenvalue weighted by molar-refractivity contribution is -0.152. The summed E-state index contributed by atoms with van der Waals surface area (Å²) in [5.41, 5.74) is 2.80. The third-order valence-electron chi connectivity index (χ3n) is 6.21. The van der Waals surface area contributed by atoms with Crippen LogP contribution in [-0.4, -0.2) is 61.9 Å². The Morgan fingerprint density at radius 2 is 1.94 bits per heavy atom. The SMILES string of the molecule is Cc1cc(N(C)BC=O)cc2c1C(=O)O[C@@H](C)[C@H](C)/C=C\C(O)[C@H]1OC(C)(C)O[C@H]1C/C=C/2. The van der Waals surface area contributed by atoms with Gasteiger partial charge in [0.2, 0.25) is 0 Å². The van der Waals surface area contributed by atoms with Gasteiger partial charge in [0.15, 0.2) is 5.79 Å². The van der Waals surface area contributed by atoms with E-state index in [-0.39, 0.29) is 19.4 Å². The van der Waals surface area contributed by atoms with Crippen molar-refractivity contribution in [3.63, 3.8) is 0 Å². The van der Waals surface area contributed by atoms with E-state index in [0.717, 1.165) is 17.4 Å². The number of nitrogens with zero attached hydrogens (tertiary/aromatic N) is 1. The second-order valence-electron chi connectivity index (χ2n) is 9.40. The first-order chi connectivity index (χ1) is 15.5. The molecule has 1 aromatic carbocycles. The fraction of sp³-hybridized carbons (Fsp3) is 0.520. The van der Waals surface area contributed by atoms with E-state index >= 15 is 0 Å². The smallest absolute Gasteiger partial charge is 0.339 e. The summed E-state index contributed by atoms with van der Waals surface area (Å²) in [6.45, 7) is 9.31. The Balaban J connectivity index is 2.05. The van der Waals surface area contributed by atoms with E-state index in [1.165, 1.54) is 0 Å². The van der Waals surface area contributed by atoms with Crippen molar-refractivity contribution < 1.29 is 28.9 Å². The summed E-state index contributed by atoms with van der Waals surface area (Å²) in [4.78, 5) is 26.0. The van der Waals surface area contributed by atoms with Crippen molar-refractivity contribution >= 4 is 31.3 Å². The highest BCUT2D eigenvalue weighted by atomic mass is 16.8. The fourth-order valence-corrected chi connectivity index (χ4v) is 4.20. The van der Waals surface area contributed by atoms with Crippen molar-refractivity contribution in [3.05, 3.63) is 47.1 Å². The van der Waals surface area contributed by atoms with Crippen LogP contribution in [0.5, 0.6) is 0 Å². The van der Waals surface area contributed by atoms with Crippen molar-refractivity contribution in [1.82, 2.24) is 0 Å². The van der Waals surface area contributed by atoms with Crippen molar-refractivity contribution in [2.24, 2.45) is 5.92 Å². The molecule has 1 fully saturated rings. The van der Waals surface area contributed by atoms with Crippen LogP contribution in [0.1, 0.15) is 55.6 Å². The van der Waals surface area contributed by atoms with E-state index in [1.807, 2.05) is 76.8 Å². The van der Waals surface area contributed by atoms with Crippen LogP contribution in [0, 0.1) is 12.8 Å². The molecule has 1 N–H and O–H groups in total. The average Bonchev–Trinajstić information content (AvgIpc) is 3.05. The fourth-order valence-electron chi connectivity index (χ4n) is 4.20. The Bertz CT molecular complexity index is 943.